The minimum absolute atomic E-state index is 0.0764. The Bertz CT molecular complexity index is 349. The molecule has 0 aromatic heterocycles. The van der Waals surface area contributed by atoms with Crippen LogP contribution in [0.25, 0.3) is 0 Å². The van der Waals surface area contributed by atoms with Crippen molar-refractivity contribution < 1.29 is 14.3 Å². The van der Waals surface area contributed by atoms with E-state index in [9.17, 15) is 4.79 Å². The molecule has 4 nitrogen and oxygen atoms in total. The highest BCUT2D eigenvalue weighted by Crippen LogP contribution is 2.13. The lowest BCUT2D eigenvalue weighted by atomic mass is 10.1. The minimum atomic E-state index is -0.374. The lowest BCUT2D eigenvalue weighted by Gasteiger charge is -2.12. The smallest absolute Gasteiger partial charge is 0.319 e. The van der Waals surface area contributed by atoms with Crippen molar-refractivity contribution >= 4 is 5.97 Å². The fourth-order valence-electron chi connectivity index (χ4n) is 1.41. The highest BCUT2D eigenvalue weighted by atomic mass is 16.5. The number of hydrogen-bond donors (Lipinski definition) is 1. The molecule has 1 aromatic carbocycles. The first-order chi connectivity index (χ1) is 9.07. The van der Waals surface area contributed by atoms with Crippen LogP contribution in [0, 0.1) is 0 Å². The normalized spacial score (nSPS) is 11.0. The molecule has 0 aliphatic rings. The number of hydrogen-bond acceptors (Lipinski definition) is 4. The van der Waals surface area contributed by atoms with Crippen LogP contribution < -0.4 is 10.5 Å². The molecule has 1 unspecified atom stereocenters. The summed E-state index contributed by atoms with van der Waals surface area (Å²) < 4.78 is 10.1. The van der Waals surface area contributed by atoms with Crippen molar-refractivity contribution in [2.75, 3.05) is 13.7 Å². The van der Waals surface area contributed by atoms with Crippen molar-refractivity contribution in [3.05, 3.63) is 29.8 Å². The lowest BCUT2D eigenvalue weighted by Crippen LogP contribution is -2.23. The number of methoxy groups -OCH3 is 1. The summed E-state index contributed by atoms with van der Waals surface area (Å²) in [6, 6.07) is 7.66. The van der Waals surface area contributed by atoms with Gasteiger partial charge in [0.2, 0.25) is 0 Å². The molecule has 0 saturated heterocycles. The molecule has 2 N–H and O–H groups in total. The number of esters is 1. The summed E-state index contributed by atoms with van der Waals surface area (Å²) in [6.07, 6.45) is 1.76. The Kier molecular flexibility index (Phi) is 9.53. The molecule has 108 valence electrons. The van der Waals surface area contributed by atoms with Gasteiger partial charge < -0.3 is 15.2 Å². The number of carbonyl (C=O) groups is 1. The highest BCUT2D eigenvalue weighted by Gasteiger charge is 2.08. The number of carbonyl (C=O) groups excluding carboxylic acids is 1. The summed E-state index contributed by atoms with van der Waals surface area (Å²) >= 11 is 0. The van der Waals surface area contributed by atoms with Crippen molar-refractivity contribution in [2.24, 2.45) is 5.73 Å². The third-order valence-corrected chi connectivity index (χ3v) is 2.18. The summed E-state index contributed by atoms with van der Waals surface area (Å²) in [4.78, 5) is 10.9. The number of ether oxygens (including phenoxy) is 2. The molecule has 0 aliphatic heterocycles. The molecule has 1 rings (SSSR count). The van der Waals surface area contributed by atoms with E-state index in [1.165, 1.54) is 6.42 Å². The van der Waals surface area contributed by atoms with E-state index in [0.717, 1.165) is 11.3 Å². The zero-order chi connectivity index (χ0) is 14.7. The van der Waals surface area contributed by atoms with E-state index in [1.54, 1.807) is 7.11 Å². The average Bonchev–Trinajstić information content (AvgIpc) is 2.40. The first-order valence-electron chi connectivity index (χ1n) is 6.59. The zero-order valence-corrected chi connectivity index (χ0v) is 12.3. The van der Waals surface area contributed by atoms with Gasteiger partial charge in [0.05, 0.1) is 13.7 Å². The number of benzene rings is 1. The maximum absolute atomic E-state index is 10.9. The van der Waals surface area contributed by atoms with Gasteiger partial charge in [0.25, 0.3) is 0 Å². The zero-order valence-electron chi connectivity index (χ0n) is 12.3. The van der Waals surface area contributed by atoms with Gasteiger partial charge in [0, 0.05) is 6.42 Å². The summed E-state index contributed by atoms with van der Waals surface area (Å²) in [5.74, 6) is 0.441. The first-order valence-corrected chi connectivity index (χ1v) is 6.59. The van der Waals surface area contributed by atoms with Gasteiger partial charge in [-0.3, -0.25) is 4.79 Å². The largest absolute Gasteiger partial charge is 0.497 e. The maximum Gasteiger partial charge on any atom is 0.319 e. The van der Waals surface area contributed by atoms with Crippen LogP contribution in [0.2, 0.25) is 0 Å². The summed E-state index contributed by atoms with van der Waals surface area (Å²) in [7, 11) is 1.63. The van der Waals surface area contributed by atoms with Gasteiger partial charge in [0.1, 0.15) is 11.9 Å². The number of nitrogens with two attached hydrogens (primary N) is 1. The molecular weight excluding hydrogens is 242 g/mol. The molecular formula is C15H25NO3. The van der Waals surface area contributed by atoms with Gasteiger partial charge in [-0.15, -0.1) is 0 Å². The van der Waals surface area contributed by atoms with Gasteiger partial charge in [0.15, 0.2) is 0 Å². The van der Waals surface area contributed by atoms with Crippen molar-refractivity contribution in [3.8, 4) is 5.75 Å². The van der Waals surface area contributed by atoms with Gasteiger partial charge >= 0.3 is 5.97 Å². The molecule has 0 radical (unpaired) electrons. The Morgan fingerprint density at radius 1 is 1.26 bits per heavy atom. The van der Waals surface area contributed by atoms with Gasteiger partial charge in [-0.05, 0) is 24.6 Å². The molecule has 0 spiro atoms. The van der Waals surface area contributed by atoms with Crippen LogP contribution in [0.15, 0.2) is 24.3 Å². The predicted molar refractivity (Wildman–Crippen MR) is 77.3 cm³/mol. The Labute approximate surface area is 115 Å². The average molecular weight is 267 g/mol. The Hall–Kier alpha value is -1.55. The second-order valence-electron chi connectivity index (χ2n) is 4.26. The molecule has 0 saturated carbocycles. The van der Waals surface area contributed by atoms with Gasteiger partial charge in [-0.2, -0.15) is 0 Å². The molecule has 19 heavy (non-hydrogen) atoms. The molecule has 0 heterocycles. The Morgan fingerprint density at radius 2 is 1.79 bits per heavy atom. The van der Waals surface area contributed by atoms with E-state index in [2.05, 4.69) is 13.8 Å². The van der Waals surface area contributed by atoms with E-state index in [0.29, 0.717) is 6.42 Å². The quantitative estimate of drug-likeness (QED) is 0.833. The SMILES string of the molecule is CCC.COc1ccc(CC(C)OC(=O)CN)cc1. The fraction of sp³-hybridized carbons (Fsp3) is 0.533. The second-order valence-corrected chi connectivity index (χ2v) is 4.26. The molecule has 1 aromatic rings. The van der Waals surface area contributed by atoms with Crippen LogP contribution in [0.3, 0.4) is 0 Å². The van der Waals surface area contributed by atoms with E-state index in [-0.39, 0.29) is 18.6 Å². The molecule has 1 atom stereocenters. The summed E-state index contributed by atoms with van der Waals surface area (Å²) in [6.45, 7) is 6.02. The van der Waals surface area contributed by atoms with E-state index >= 15 is 0 Å². The van der Waals surface area contributed by atoms with Crippen LogP contribution in [0.1, 0.15) is 32.8 Å². The minimum Gasteiger partial charge on any atom is -0.497 e. The van der Waals surface area contributed by atoms with E-state index < -0.39 is 0 Å². The first kappa shape index (κ1) is 17.4. The summed E-state index contributed by atoms with van der Waals surface area (Å²) in [5.41, 5.74) is 6.26. The highest BCUT2D eigenvalue weighted by molar-refractivity contribution is 5.71. The predicted octanol–water partition coefficient (Wildman–Crippen LogP) is 2.54. The third kappa shape index (κ3) is 8.21. The van der Waals surface area contributed by atoms with Crippen LogP contribution in [0.4, 0.5) is 0 Å². The van der Waals surface area contributed by atoms with Crippen molar-refractivity contribution in [2.45, 2.75) is 39.7 Å². The van der Waals surface area contributed by atoms with Gasteiger partial charge in [-0.25, -0.2) is 0 Å². The van der Waals surface area contributed by atoms with E-state index in [1.807, 2.05) is 31.2 Å². The Morgan fingerprint density at radius 3 is 2.21 bits per heavy atom. The lowest BCUT2D eigenvalue weighted by molar-refractivity contribution is -0.146. The van der Waals surface area contributed by atoms with Crippen LogP contribution >= 0.6 is 0 Å². The van der Waals surface area contributed by atoms with Crippen LogP contribution in [0.5, 0.6) is 5.75 Å². The van der Waals surface area contributed by atoms with Crippen molar-refractivity contribution in [3.63, 3.8) is 0 Å². The Balaban J connectivity index is 0.000000982. The number of rotatable bonds is 5. The van der Waals surface area contributed by atoms with Gasteiger partial charge in [-0.1, -0.05) is 32.4 Å². The molecule has 0 amide bonds. The second kappa shape index (κ2) is 10.4. The van der Waals surface area contributed by atoms with Crippen molar-refractivity contribution in [1.82, 2.24) is 0 Å². The monoisotopic (exact) mass is 267 g/mol. The third-order valence-electron chi connectivity index (χ3n) is 2.18. The molecule has 4 heteroatoms. The topological polar surface area (TPSA) is 61.5 Å². The standard InChI is InChI=1S/C12H17NO3.C3H8/c1-9(16-12(14)8-13)7-10-3-5-11(15-2)6-4-10;1-3-2/h3-6,9H,7-8,13H2,1-2H3;3H2,1-2H3. The molecule has 0 bridgehead atoms. The summed E-state index contributed by atoms with van der Waals surface area (Å²) in [5, 5.41) is 0. The van der Waals surface area contributed by atoms with E-state index in [4.69, 9.17) is 15.2 Å². The molecule has 0 fully saturated rings. The van der Waals surface area contributed by atoms with Crippen LogP contribution in [-0.2, 0) is 16.0 Å². The van der Waals surface area contributed by atoms with Crippen molar-refractivity contribution in [1.29, 1.82) is 0 Å². The maximum atomic E-state index is 10.9. The molecule has 0 aliphatic carbocycles. The fourth-order valence-corrected chi connectivity index (χ4v) is 1.41. The van der Waals surface area contributed by atoms with Crippen LogP contribution in [-0.4, -0.2) is 25.7 Å².